The second kappa shape index (κ2) is 6.59. The Labute approximate surface area is 102 Å². The summed E-state index contributed by atoms with van der Waals surface area (Å²) in [5.74, 6) is 0.732. The average molecular weight is 230 g/mol. The van der Waals surface area contributed by atoms with Gasteiger partial charge in [-0.05, 0) is 37.1 Å². The van der Waals surface area contributed by atoms with Crippen LogP contribution in [0.3, 0.4) is 0 Å². The summed E-state index contributed by atoms with van der Waals surface area (Å²) < 4.78 is 0. The zero-order chi connectivity index (χ0) is 12.7. The number of para-hydroxylation sites is 1. The van der Waals surface area contributed by atoms with Gasteiger partial charge in [0.1, 0.15) is 11.5 Å². The molecule has 0 unspecified atom stereocenters. The Balaban J connectivity index is 0.000000171. The Morgan fingerprint density at radius 3 is 1.88 bits per heavy atom. The van der Waals surface area contributed by atoms with Gasteiger partial charge < -0.3 is 10.2 Å². The summed E-state index contributed by atoms with van der Waals surface area (Å²) in [5, 5.41) is 17.9. The van der Waals surface area contributed by atoms with E-state index in [1.54, 1.807) is 18.2 Å². The molecule has 0 bridgehead atoms. The summed E-state index contributed by atoms with van der Waals surface area (Å²) in [6.45, 7) is 4.01. The van der Waals surface area contributed by atoms with E-state index >= 15 is 0 Å². The van der Waals surface area contributed by atoms with Gasteiger partial charge in [0.25, 0.3) is 0 Å². The topological polar surface area (TPSA) is 40.5 Å². The van der Waals surface area contributed by atoms with Crippen LogP contribution in [0.1, 0.15) is 18.1 Å². The smallest absolute Gasteiger partial charge is 0.118 e. The predicted molar refractivity (Wildman–Crippen MR) is 70.3 cm³/mol. The monoisotopic (exact) mass is 230 g/mol. The van der Waals surface area contributed by atoms with Gasteiger partial charge in [-0.2, -0.15) is 0 Å². The molecule has 0 heterocycles. The van der Waals surface area contributed by atoms with Crippen LogP contribution in [0.5, 0.6) is 11.5 Å². The van der Waals surface area contributed by atoms with Crippen LogP contribution >= 0.6 is 0 Å². The van der Waals surface area contributed by atoms with Gasteiger partial charge in [0.15, 0.2) is 0 Å². The molecule has 0 aromatic heterocycles. The SMILES string of the molecule is CCc1ccccc1O.Cc1ccc(O)cc1. The van der Waals surface area contributed by atoms with Crippen LogP contribution in [0.25, 0.3) is 0 Å². The Hall–Kier alpha value is -1.96. The van der Waals surface area contributed by atoms with Gasteiger partial charge in [-0.3, -0.25) is 0 Å². The molecule has 0 saturated carbocycles. The summed E-state index contributed by atoms with van der Waals surface area (Å²) in [7, 11) is 0. The molecule has 0 aliphatic carbocycles. The highest BCUT2D eigenvalue weighted by atomic mass is 16.3. The van der Waals surface area contributed by atoms with E-state index in [2.05, 4.69) is 0 Å². The van der Waals surface area contributed by atoms with E-state index in [1.165, 1.54) is 5.56 Å². The van der Waals surface area contributed by atoms with Crippen molar-refractivity contribution in [1.29, 1.82) is 0 Å². The molecule has 0 spiro atoms. The minimum absolute atomic E-state index is 0.329. The standard InChI is InChI=1S/C8H10O.C7H8O/c1-2-7-5-3-4-6-8(7)9;1-6-2-4-7(8)5-3-6/h3-6,9H,2H2,1H3;2-5,8H,1H3. The second-order valence-electron chi connectivity index (χ2n) is 3.82. The third-order valence-electron chi connectivity index (χ3n) is 2.41. The van der Waals surface area contributed by atoms with Crippen LogP contribution in [0.2, 0.25) is 0 Å². The van der Waals surface area contributed by atoms with E-state index < -0.39 is 0 Å². The minimum Gasteiger partial charge on any atom is -0.508 e. The van der Waals surface area contributed by atoms with Gasteiger partial charge in [0.2, 0.25) is 0 Å². The summed E-state index contributed by atoms with van der Waals surface area (Å²) in [6, 6.07) is 14.5. The fourth-order valence-corrected chi connectivity index (χ4v) is 1.35. The highest BCUT2D eigenvalue weighted by molar-refractivity contribution is 5.31. The van der Waals surface area contributed by atoms with E-state index in [4.69, 9.17) is 10.2 Å². The molecule has 0 amide bonds. The van der Waals surface area contributed by atoms with Gasteiger partial charge in [-0.15, -0.1) is 0 Å². The quantitative estimate of drug-likeness (QED) is 0.785. The van der Waals surface area contributed by atoms with Crippen molar-refractivity contribution in [3.05, 3.63) is 59.7 Å². The number of phenolic OH excluding ortho intramolecular Hbond substituents is 2. The van der Waals surface area contributed by atoms with E-state index in [-0.39, 0.29) is 0 Å². The molecule has 0 radical (unpaired) electrons. The van der Waals surface area contributed by atoms with Crippen molar-refractivity contribution in [2.24, 2.45) is 0 Å². The number of hydrogen-bond acceptors (Lipinski definition) is 2. The summed E-state index contributed by atoms with van der Waals surface area (Å²) in [6.07, 6.45) is 0.896. The normalized spacial score (nSPS) is 9.29. The molecular weight excluding hydrogens is 212 g/mol. The lowest BCUT2D eigenvalue weighted by Crippen LogP contribution is -1.77. The van der Waals surface area contributed by atoms with Crippen molar-refractivity contribution in [1.82, 2.24) is 0 Å². The first-order chi connectivity index (χ1) is 8.13. The van der Waals surface area contributed by atoms with Gasteiger partial charge in [0, 0.05) is 0 Å². The fraction of sp³-hybridized carbons (Fsp3) is 0.200. The zero-order valence-electron chi connectivity index (χ0n) is 10.2. The molecule has 2 heteroatoms. The zero-order valence-corrected chi connectivity index (χ0v) is 10.2. The minimum atomic E-state index is 0.329. The first-order valence-electron chi connectivity index (χ1n) is 5.66. The van der Waals surface area contributed by atoms with Crippen LogP contribution in [-0.2, 0) is 6.42 Å². The Morgan fingerprint density at radius 2 is 1.47 bits per heavy atom. The fourth-order valence-electron chi connectivity index (χ4n) is 1.35. The Bertz CT molecular complexity index is 426. The van der Waals surface area contributed by atoms with Crippen LogP contribution in [0.4, 0.5) is 0 Å². The summed E-state index contributed by atoms with van der Waals surface area (Å²) in [4.78, 5) is 0. The van der Waals surface area contributed by atoms with Crippen molar-refractivity contribution >= 4 is 0 Å². The molecule has 90 valence electrons. The van der Waals surface area contributed by atoms with Crippen molar-refractivity contribution in [2.75, 3.05) is 0 Å². The number of aromatic hydroxyl groups is 2. The molecular formula is C15H18O2. The largest absolute Gasteiger partial charge is 0.508 e. The number of rotatable bonds is 1. The third-order valence-corrected chi connectivity index (χ3v) is 2.41. The highest BCUT2D eigenvalue weighted by Crippen LogP contribution is 2.14. The van der Waals surface area contributed by atoms with E-state index in [0.29, 0.717) is 11.5 Å². The van der Waals surface area contributed by atoms with Crippen LogP contribution in [-0.4, -0.2) is 10.2 Å². The molecule has 2 nitrogen and oxygen atoms in total. The van der Waals surface area contributed by atoms with Crippen LogP contribution < -0.4 is 0 Å². The van der Waals surface area contributed by atoms with Crippen LogP contribution in [0, 0.1) is 6.92 Å². The summed E-state index contributed by atoms with van der Waals surface area (Å²) in [5.41, 5.74) is 2.18. The molecule has 2 aromatic carbocycles. The molecule has 17 heavy (non-hydrogen) atoms. The molecule has 0 fully saturated rings. The number of phenols is 2. The Morgan fingerprint density at radius 1 is 0.882 bits per heavy atom. The lowest BCUT2D eigenvalue weighted by molar-refractivity contribution is 0.469. The first-order valence-corrected chi connectivity index (χ1v) is 5.66. The summed E-state index contributed by atoms with van der Waals surface area (Å²) >= 11 is 0. The van der Waals surface area contributed by atoms with E-state index in [9.17, 15) is 0 Å². The lowest BCUT2D eigenvalue weighted by atomic mass is 10.1. The first kappa shape index (κ1) is 13.1. The van der Waals surface area contributed by atoms with E-state index in [1.807, 2.05) is 44.2 Å². The Kier molecular flexibility index (Phi) is 5.08. The maximum atomic E-state index is 9.11. The predicted octanol–water partition coefficient (Wildman–Crippen LogP) is 3.66. The van der Waals surface area contributed by atoms with Gasteiger partial charge in [-0.1, -0.05) is 42.8 Å². The maximum absolute atomic E-state index is 9.11. The highest BCUT2D eigenvalue weighted by Gasteiger charge is 1.92. The molecule has 2 N–H and O–H groups in total. The molecule has 2 rings (SSSR count). The third kappa shape index (κ3) is 4.60. The van der Waals surface area contributed by atoms with Crippen molar-refractivity contribution in [3.63, 3.8) is 0 Å². The molecule has 0 saturated heterocycles. The lowest BCUT2D eigenvalue weighted by Gasteiger charge is -1.97. The average Bonchev–Trinajstić information content (AvgIpc) is 2.34. The maximum Gasteiger partial charge on any atom is 0.118 e. The van der Waals surface area contributed by atoms with Crippen LogP contribution in [0.15, 0.2) is 48.5 Å². The second-order valence-corrected chi connectivity index (χ2v) is 3.82. The number of benzene rings is 2. The van der Waals surface area contributed by atoms with Gasteiger partial charge in [0.05, 0.1) is 0 Å². The van der Waals surface area contributed by atoms with Gasteiger partial charge in [-0.25, -0.2) is 0 Å². The van der Waals surface area contributed by atoms with E-state index in [0.717, 1.165) is 12.0 Å². The van der Waals surface area contributed by atoms with Crippen molar-refractivity contribution in [2.45, 2.75) is 20.3 Å². The van der Waals surface area contributed by atoms with Gasteiger partial charge >= 0.3 is 0 Å². The van der Waals surface area contributed by atoms with Crippen molar-refractivity contribution < 1.29 is 10.2 Å². The number of aryl methyl sites for hydroxylation is 2. The number of hydrogen-bond donors (Lipinski definition) is 2. The molecule has 0 aliphatic rings. The molecule has 0 aliphatic heterocycles. The van der Waals surface area contributed by atoms with Crippen molar-refractivity contribution in [3.8, 4) is 11.5 Å². The molecule has 2 aromatic rings. The molecule has 0 atom stereocenters.